The van der Waals surface area contributed by atoms with Gasteiger partial charge in [0, 0.05) is 61.2 Å². The van der Waals surface area contributed by atoms with E-state index in [1.807, 2.05) is 0 Å². The smallest absolute Gasteiger partial charge is 0.252 e. The fourth-order valence-corrected chi connectivity index (χ4v) is 12.3. The van der Waals surface area contributed by atoms with Crippen molar-refractivity contribution in [2.24, 2.45) is 0 Å². The Kier molecular flexibility index (Phi) is 9.81. The Morgan fingerprint density at radius 1 is 0.411 bits per heavy atom. The number of benzene rings is 9. The maximum absolute atomic E-state index is 6.64. The molecule has 0 fully saturated rings. The molecule has 0 atom stereocenters. The van der Waals surface area contributed by atoms with Crippen LogP contribution in [0.3, 0.4) is 0 Å². The second-order valence-electron chi connectivity index (χ2n) is 24.0. The van der Waals surface area contributed by atoms with Crippen molar-refractivity contribution in [3.63, 3.8) is 0 Å². The molecular weight excluding hydrogens is 886 g/mol. The predicted molar refractivity (Wildman–Crippen MR) is 313 cm³/mol. The molecule has 5 heteroatoms. The fourth-order valence-electron chi connectivity index (χ4n) is 12.3. The molecule has 0 saturated carbocycles. The Morgan fingerprint density at radius 2 is 0.973 bits per heavy atom. The first kappa shape index (κ1) is 45.1. The van der Waals surface area contributed by atoms with Crippen molar-refractivity contribution in [3.8, 4) is 16.8 Å². The number of aromatic nitrogens is 1. The topological polar surface area (TPSA) is 24.6 Å². The highest BCUT2D eigenvalue weighted by molar-refractivity contribution is 7.00. The molecular formula is C68H62BN3O. The first-order chi connectivity index (χ1) is 34.9. The van der Waals surface area contributed by atoms with Crippen LogP contribution in [0, 0.1) is 13.8 Å². The van der Waals surface area contributed by atoms with Gasteiger partial charge in [0.25, 0.3) is 6.71 Å². The number of furan rings is 1. The average molecular weight is 948 g/mol. The van der Waals surface area contributed by atoms with E-state index in [1.165, 1.54) is 94.4 Å². The summed E-state index contributed by atoms with van der Waals surface area (Å²) in [6.07, 6.45) is 0. The van der Waals surface area contributed by atoms with Crippen LogP contribution in [0.25, 0.3) is 60.6 Å². The molecule has 358 valence electrons. The molecule has 0 N–H and O–H groups in total. The highest BCUT2D eigenvalue weighted by atomic mass is 16.3. The van der Waals surface area contributed by atoms with Gasteiger partial charge in [0.05, 0.1) is 16.7 Å². The molecule has 4 nitrogen and oxygen atoms in total. The lowest BCUT2D eigenvalue weighted by atomic mass is 9.33. The summed E-state index contributed by atoms with van der Waals surface area (Å²) in [6, 6.07) is 66.4. The molecule has 0 saturated heterocycles. The summed E-state index contributed by atoms with van der Waals surface area (Å²) in [4.78, 5) is 5.23. The van der Waals surface area contributed by atoms with E-state index in [1.54, 1.807) is 0 Å². The number of nitrogens with zero attached hydrogens (tertiary/aromatic N) is 3. The minimum atomic E-state index is -0.156. The average Bonchev–Trinajstić information content (AvgIpc) is 3.90. The van der Waals surface area contributed by atoms with Gasteiger partial charge in [-0.25, -0.2) is 0 Å². The number of anilines is 6. The van der Waals surface area contributed by atoms with Gasteiger partial charge in [-0.15, -0.1) is 0 Å². The number of fused-ring (bicyclic) bond motifs is 10. The fraction of sp³-hybridized carbons (Fsp3) is 0.206. The molecule has 2 aromatic heterocycles. The Morgan fingerprint density at radius 3 is 1.66 bits per heavy atom. The summed E-state index contributed by atoms with van der Waals surface area (Å²) in [5.74, 6) is 0. The van der Waals surface area contributed by atoms with Gasteiger partial charge < -0.3 is 18.8 Å². The van der Waals surface area contributed by atoms with E-state index in [9.17, 15) is 0 Å². The van der Waals surface area contributed by atoms with Crippen LogP contribution in [-0.2, 0) is 16.2 Å². The molecule has 0 bridgehead atoms. The number of hydrogen-bond donors (Lipinski definition) is 0. The highest BCUT2D eigenvalue weighted by Gasteiger charge is 2.45. The summed E-state index contributed by atoms with van der Waals surface area (Å²) < 4.78 is 9.13. The molecule has 9 aromatic carbocycles. The van der Waals surface area contributed by atoms with Crippen molar-refractivity contribution in [2.45, 2.75) is 92.4 Å². The maximum Gasteiger partial charge on any atom is 0.252 e. The van der Waals surface area contributed by atoms with E-state index in [0.717, 1.165) is 44.4 Å². The van der Waals surface area contributed by atoms with Gasteiger partial charge in [-0.1, -0.05) is 159 Å². The summed E-state index contributed by atoms with van der Waals surface area (Å²) >= 11 is 0. The van der Waals surface area contributed by atoms with Gasteiger partial charge in [0.2, 0.25) is 0 Å². The second kappa shape index (κ2) is 15.9. The first-order valence-corrected chi connectivity index (χ1v) is 26.1. The monoisotopic (exact) mass is 947 g/mol. The quantitative estimate of drug-likeness (QED) is 0.164. The van der Waals surface area contributed by atoms with Crippen molar-refractivity contribution >= 4 is 101 Å². The van der Waals surface area contributed by atoms with Gasteiger partial charge in [0.15, 0.2) is 0 Å². The molecule has 4 heterocycles. The van der Waals surface area contributed by atoms with Gasteiger partial charge in [-0.05, 0) is 159 Å². The van der Waals surface area contributed by atoms with Crippen molar-refractivity contribution in [2.75, 3.05) is 9.80 Å². The van der Waals surface area contributed by atoms with Crippen LogP contribution in [0.5, 0.6) is 0 Å². The lowest BCUT2D eigenvalue weighted by Gasteiger charge is -2.46. The van der Waals surface area contributed by atoms with Crippen LogP contribution in [-0.4, -0.2) is 11.3 Å². The number of para-hydroxylation sites is 4. The van der Waals surface area contributed by atoms with Crippen molar-refractivity contribution in [1.29, 1.82) is 0 Å². The van der Waals surface area contributed by atoms with E-state index < -0.39 is 0 Å². The van der Waals surface area contributed by atoms with E-state index >= 15 is 0 Å². The van der Waals surface area contributed by atoms with Crippen molar-refractivity contribution < 1.29 is 4.42 Å². The summed E-state index contributed by atoms with van der Waals surface area (Å²) in [6.45, 7) is 25.6. The van der Waals surface area contributed by atoms with Gasteiger partial charge in [0.1, 0.15) is 11.2 Å². The zero-order chi connectivity index (χ0) is 50.5. The standard InChI is InChI=1S/C68H62BN3O/c1-41-33-43(49-26-20-27-51-50-25-18-19-28-62(50)73-65(49)51)34-42(2)64(41)72-58-36-45(67(6,7)8)29-31-54(58)69-55-39-53-52-35-44(66(3,4)5)30-32-56(52)70(47-21-14-12-15-22-47)57(53)40-59(55)71(48-23-16-13-17-24-48)60-37-46(68(9,10)11)38-61(72)63(60)69/h12-40H,1-11H3. The van der Waals surface area contributed by atoms with E-state index in [2.05, 4.69) is 266 Å². The number of hydrogen-bond acceptors (Lipinski definition) is 3. The molecule has 73 heavy (non-hydrogen) atoms. The molecule has 0 unspecified atom stereocenters. The van der Waals surface area contributed by atoms with Crippen LogP contribution >= 0.6 is 0 Å². The lowest BCUT2D eigenvalue weighted by molar-refractivity contribution is 0.590. The van der Waals surface area contributed by atoms with Crippen LogP contribution in [0.15, 0.2) is 180 Å². The van der Waals surface area contributed by atoms with Crippen LogP contribution in [0.2, 0.25) is 0 Å². The number of aryl methyl sites for hydroxylation is 2. The Balaban J connectivity index is 1.13. The van der Waals surface area contributed by atoms with Gasteiger partial charge in [-0.2, -0.15) is 0 Å². The molecule has 0 aliphatic carbocycles. The third kappa shape index (κ3) is 6.95. The molecule has 13 rings (SSSR count). The molecule has 0 amide bonds. The second-order valence-corrected chi connectivity index (χ2v) is 24.0. The molecule has 0 radical (unpaired) electrons. The maximum atomic E-state index is 6.64. The molecule has 11 aromatic rings. The Hall–Kier alpha value is -7.76. The Labute approximate surface area is 430 Å². The third-order valence-corrected chi connectivity index (χ3v) is 16.0. The zero-order valence-electron chi connectivity index (χ0n) is 44.1. The van der Waals surface area contributed by atoms with E-state index in [4.69, 9.17) is 4.42 Å². The molecule has 2 aliphatic heterocycles. The number of rotatable bonds is 4. The lowest BCUT2D eigenvalue weighted by Crippen LogP contribution is -2.61. The summed E-state index contributed by atoms with van der Waals surface area (Å²) in [5, 5.41) is 4.83. The van der Waals surface area contributed by atoms with Crippen molar-refractivity contribution in [1.82, 2.24) is 4.57 Å². The summed E-state index contributed by atoms with van der Waals surface area (Å²) in [5.41, 5.74) is 25.0. The minimum Gasteiger partial charge on any atom is -0.455 e. The third-order valence-electron chi connectivity index (χ3n) is 16.0. The van der Waals surface area contributed by atoms with E-state index in [-0.39, 0.29) is 23.0 Å². The largest absolute Gasteiger partial charge is 0.455 e. The zero-order valence-corrected chi connectivity index (χ0v) is 44.1. The van der Waals surface area contributed by atoms with Gasteiger partial charge in [-0.3, -0.25) is 0 Å². The van der Waals surface area contributed by atoms with Crippen LogP contribution < -0.4 is 26.2 Å². The van der Waals surface area contributed by atoms with Crippen LogP contribution in [0.4, 0.5) is 34.1 Å². The highest BCUT2D eigenvalue weighted by Crippen LogP contribution is 2.50. The SMILES string of the molecule is Cc1cc(-c2cccc3c2oc2ccccc23)cc(C)c1N1c2cc(C(C)(C)C)ccc2B2c3cc4c5cc(C(C)(C)C)ccc5n(-c5ccccc5)c4cc3N(c3ccccc3)c3cc(C(C)(C)C)cc1c32. The predicted octanol–water partition coefficient (Wildman–Crippen LogP) is 16.9. The van der Waals surface area contributed by atoms with Crippen molar-refractivity contribution in [3.05, 3.63) is 204 Å². The minimum absolute atomic E-state index is 0.0158. The van der Waals surface area contributed by atoms with Gasteiger partial charge >= 0.3 is 0 Å². The van der Waals surface area contributed by atoms with E-state index in [0.29, 0.717) is 0 Å². The molecule has 0 spiro atoms. The Bertz CT molecular complexity index is 4040. The normalized spacial score (nSPS) is 13.6. The first-order valence-electron chi connectivity index (χ1n) is 26.1. The molecule has 2 aliphatic rings. The van der Waals surface area contributed by atoms with Crippen LogP contribution in [0.1, 0.15) is 90.1 Å². The summed E-state index contributed by atoms with van der Waals surface area (Å²) in [7, 11) is 0.